The molecule has 0 saturated heterocycles. The minimum absolute atomic E-state index is 0.0920. The number of esters is 1. The summed E-state index contributed by atoms with van der Waals surface area (Å²) >= 11 is 1.57. The van der Waals surface area contributed by atoms with E-state index < -0.39 is 5.97 Å². The van der Waals surface area contributed by atoms with Crippen molar-refractivity contribution in [3.05, 3.63) is 59.2 Å². The highest BCUT2D eigenvalue weighted by molar-refractivity contribution is 8.01. The molecule has 2 aromatic carbocycles. The fraction of sp³-hybridized carbons (Fsp3) is 0.263. The SMILES string of the molecule is CCOC(=O)c1ccccc1NC(=O)C1Cc2ccc(C)cc2S1. The highest BCUT2D eigenvalue weighted by Gasteiger charge is 2.29. The van der Waals surface area contributed by atoms with Gasteiger partial charge in [0.05, 0.1) is 23.1 Å². The van der Waals surface area contributed by atoms with Crippen molar-refractivity contribution in [1.29, 1.82) is 0 Å². The standard InChI is InChI=1S/C19H19NO3S/c1-3-23-19(22)14-6-4-5-7-15(14)20-18(21)17-11-13-9-8-12(2)10-16(13)24-17/h4-10,17H,3,11H2,1-2H3,(H,20,21). The van der Waals surface area contributed by atoms with Crippen molar-refractivity contribution in [2.75, 3.05) is 11.9 Å². The fourth-order valence-electron chi connectivity index (χ4n) is 2.67. The van der Waals surface area contributed by atoms with E-state index in [1.165, 1.54) is 11.1 Å². The Morgan fingerprint density at radius 2 is 2.04 bits per heavy atom. The summed E-state index contributed by atoms with van der Waals surface area (Å²) < 4.78 is 5.04. The summed E-state index contributed by atoms with van der Waals surface area (Å²) in [6.07, 6.45) is 0.702. The van der Waals surface area contributed by atoms with Gasteiger partial charge in [0, 0.05) is 4.90 Å². The Balaban J connectivity index is 1.74. The van der Waals surface area contributed by atoms with Gasteiger partial charge in [-0.25, -0.2) is 4.79 Å². The molecule has 1 N–H and O–H groups in total. The molecule has 0 aliphatic carbocycles. The first-order valence-corrected chi connectivity index (χ1v) is 8.79. The maximum absolute atomic E-state index is 12.6. The van der Waals surface area contributed by atoms with Gasteiger partial charge in [0.25, 0.3) is 0 Å². The van der Waals surface area contributed by atoms with Crippen LogP contribution in [0.25, 0.3) is 0 Å². The van der Waals surface area contributed by atoms with Gasteiger partial charge < -0.3 is 10.1 Å². The number of hydrogen-bond acceptors (Lipinski definition) is 4. The van der Waals surface area contributed by atoms with Crippen molar-refractivity contribution in [1.82, 2.24) is 0 Å². The third kappa shape index (κ3) is 3.46. The minimum Gasteiger partial charge on any atom is -0.462 e. The number of aryl methyl sites for hydroxylation is 1. The Kier molecular flexibility index (Phi) is 4.90. The summed E-state index contributed by atoms with van der Waals surface area (Å²) in [5, 5.41) is 2.70. The highest BCUT2D eigenvalue weighted by atomic mass is 32.2. The Morgan fingerprint density at radius 3 is 2.83 bits per heavy atom. The fourth-order valence-corrected chi connectivity index (χ4v) is 3.97. The highest BCUT2D eigenvalue weighted by Crippen LogP contribution is 2.38. The maximum Gasteiger partial charge on any atom is 0.340 e. The molecular formula is C19H19NO3S. The van der Waals surface area contributed by atoms with Gasteiger partial charge in [-0.3, -0.25) is 4.79 Å². The average Bonchev–Trinajstić information content (AvgIpc) is 2.98. The van der Waals surface area contributed by atoms with E-state index in [-0.39, 0.29) is 11.2 Å². The summed E-state index contributed by atoms with van der Waals surface area (Å²) in [4.78, 5) is 25.8. The van der Waals surface area contributed by atoms with Crippen LogP contribution in [0.2, 0.25) is 0 Å². The first-order chi connectivity index (χ1) is 11.6. The third-order valence-electron chi connectivity index (χ3n) is 3.87. The van der Waals surface area contributed by atoms with Crippen molar-refractivity contribution in [2.45, 2.75) is 30.4 Å². The van der Waals surface area contributed by atoms with Gasteiger partial charge in [-0.05, 0) is 44.0 Å². The second kappa shape index (κ2) is 7.09. The number of carbonyl (C=O) groups excluding carboxylic acids is 2. The van der Waals surface area contributed by atoms with E-state index in [9.17, 15) is 9.59 Å². The number of nitrogens with one attached hydrogen (secondary N) is 1. The van der Waals surface area contributed by atoms with Crippen LogP contribution in [0, 0.1) is 6.92 Å². The van der Waals surface area contributed by atoms with E-state index in [1.54, 1.807) is 43.0 Å². The Hall–Kier alpha value is -2.27. The van der Waals surface area contributed by atoms with E-state index in [0.717, 1.165) is 4.90 Å². The number of carbonyl (C=O) groups is 2. The number of fused-ring (bicyclic) bond motifs is 1. The second-order valence-corrected chi connectivity index (χ2v) is 6.92. The topological polar surface area (TPSA) is 55.4 Å². The molecule has 0 bridgehead atoms. The van der Waals surface area contributed by atoms with Crippen LogP contribution in [0.15, 0.2) is 47.4 Å². The Morgan fingerprint density at radius 1 is 1.25 bits per heavy atom. The van der Waals surface area contributed by atoms with Gasteiger partial charge in [-0.15, -0.1) is 11.8 Å². The van der Waals surface area contributed by atoms with Gasteiger partial charge in [0.1, 0.15) is 0 Å². The number of rotatable bonds is 4. The molecule has 0 radical (unpaired) electrons. The number of thioether (sulfide) groups is 1. The summed E-state index contributed by atoms with van der Waals surface area (Å²) in [7, 11) is 0. The van der Waals surface area contributed by atoms with Crippen LogP contribution in [-0.2, 0) is 16.0 Å². The van der Waals surface area contributed by atoms with E-state index in [4.69, 9.17) is 4.74 Å². The lowest BCUT2D eigenvalue weighted by molar-refractivity contribution is -0.115. The molecule has 0 spiro atoms. The molecule has 0 saturated carbocycles. The van der Waals surface area contributed by atoms with Crippen molar-refractivity contribution < 1.29 is 14.3 Å². The van der Waals surface area contributed by atoms with Crippen molar-refractivity contribution in [2.24, 2.45) is 0 Å². The Bertz CT molecular complexity index is 788. The Labute approximate surface area is 145 Å². The smallest absolute Gasteiger partial charge is 0.340 e. The number of ether oxygens (including phenoxy) is 1. The molecule has 1 unspecified atom stereocenters. The molecule has 1 aliphatic heterocycles. The molecule has 1 heterocycles. The van der Waals surface area contributed by atoms with Crippen LogP contribution >= 0.6 is 11.8 Å². The van der Waals surface area contributed by atoms with Crippen molar-refractivity contribution in [3.63, 3.8) is 0 Å². The number of benzene rings is 2. The van der Waals surface area contributed by atoms with E-state index in [1.807, 2.05) is 6.92 Å². The predicted molar refractivity (Wildman–Crippen MR) is 95.6 cm³/mol. The predicted octanol–water partition coefficient (Wildman–Crippen LogP) is 3.83. The van der Waals surface area contributed by atoms with E-state index >= 15 is 0 Å². The van der Waals surface area contributed by atoms with Gasteiger partial charge in [-0.1, -0.05) is 29.8 Å². The zero-order valence-electron chi connectivity index (χ0n) is 13.7. The molecule has 1 amide bonds. The van der Waals surface area contributed by atoms with E-state index in [0.29, 0.717) is 24.3 Å². The van der Waals surface area contributed by atoms with Crippen LogP contribution < -0.4 is 5.32 Å². The lowest BCUT2D eigenvalue weighted by Gasteiger charge is -2.13. The maximum atomic E-state index is 12.6. The molecule has 124 valence electrons. The summed E-state index contributed by atoms with van der Waals surface area (Å²) in [6.45, 7) is 4.10. The van der Waals surface area contributed by atoms with Crippen LogP contribution in [0.5, 0.6) is 0 Å². The van der Waals surface area contributed by atoms with Crippen molar-refractivity contribution in [3.8, 4) is 0 Å². The first-order valence-electron chi connectivity index (χ1n) is 7.91. The van der Waals surface area contributed by atoms with Gasteiger partial charge in [0.15, 0.2) is 0 Å². The number of para-hydroxylation sites is 1. The van der Waals surface area contributed by atoms with Gasteiger partial charge in [-0.2, -0.15) is 0 Å². The molecule has 5 heteroatoms. The molecule has 2 aromatic rings. The van der Waals surface area contributed by atoms with Gasteiger partial charge in [0.2, 0.25) is 5.91 Å². The lowest BCUT2D eigenvalue weighted by Crippen LogP contribution is -2.25. The molecule has 0 fully saturated rings. The van der Waals surface area contributed by atoms with Crippen LogP contribution in [0.1, 0.15) is 28.4 Å². The quantitative estimate of drug-likeness (QED) is 0.859. The lowest BCUT2D eigenvalue weighted by atomic mass is 10.1. The second-order valence-electron chi connectivity index (χ2n) is 5.68. The van der Waals surface area contributed by atoms with E-state index in [2.05, 4.69) is 23.5 Å². The summed E-state index contributed by atoms with van der Waals surface area (Å²) in [5.74, 6) is -0.517. The molecule has 0 aromatic heterocycles. The molecular weight excluding hydrogens is 322 g/mol. The molecule has 1 atom stereocenters. The summed E-state index contributed by atoms with van der Waals surface area (Å²) in [5.41, 5.74) is 3.26. The molecule has 1 aliphatic rings. The molecule has 24 heavy (non-hydrogen) atoms. The van der Waals surface area contributed by atoms with Gasteiger partial charge >= 0.3 is 5.97 Å². The zero-order valence-corrected chi connectivity index (χ0v) is 14.5. The minimum atomic E-state index is -0.425. The molecule has 4 nitrogen and oxygen atoms in total. The number of anilines is 1. The van der Waals surface area contributed by atoms with Crippen LogP contribution in [0.3, 0.4) is 0 Å². The number of hydrogen-bond donors (Lipinski definition) is 1. The largest absolute Gasteiger partial charge is 0.462 e. The first kappa shape index (κ1) is 16.6. The monoisotopic (exact) mass is 341 g/mol. The number of amides is 1. The van der Waals surface area contributed by atoms with Crippen LogP contribution in [-0.4, -0.2) is 23.7 Å². The summed E-state index contributed by atoms with van der Waals surface area (Å²) in [6, 6.07) is 13.2. The van der Waals surface area contributed by atoms with Crippen molar-refractivity contribution >= 4 is 29.3 Å². The third-order valence-corrected chi connectivity index (χ3v) is 5.17. The zero-order chi connectivity index (χ0) is 17.1. The molecule has 3 rings (SSSR count). The normalized spacial score (nSPS) is 15.7. The average molecular weight is 341 g/mol. The van der Waals surface area contributed by atoms with Crippen LogP contribution in [0.4, 0.5) is 5.69 Å².